The van der Waals surface area contributed by atoms with Gasteiger partial charge in [-0.15, -0.1) is 0 Å². The molecule has 0 radical (unpaired) electrons. The molecule has 1 aliphatic heterocycles. The molecule has 3 aromatic rings. The number of nitrogens with zero attached hydrogens (tertiary/aromatic N) is 1. The van der Waals surface area contributed by atoms with Crippen molar-refractivity contribution in [3.63, 3.8) is 0 Å². The van der Waals surface area contributed by atoms with Crippen molar-refractivity contribution in [1.29, 1.82) is 0 Å². The zero-order valence-corrected chi connectivity index (χ0v) is 24.7. The van der Waals surface area contributed by atoms with E-state index in [2.05, 4.69) is 10.6 Å². The van der Waals surface area contributed by atoms with Crippen LogP contribution in [0.2, 0.25) is 0 Å². The van der Waals surface area contributed by atoms with Crippen molar-refractivity contribution < 1.29 is 22.4 Å². The number of rotatable bonds is 11. The summed E-state index contributed by atoms with van der Waals surface area (Å²) in [5, 5.41) is 6.54. The van der Waals surface area contributed by atoms with Gasteiger partial charge in [-0.05, 0) is 98.2 Å². The quantitative estimate of drug-likeness (QED) is 0.308. The van der Waals surface area contributed by atoms with Gasteiger partial charge >= 0.3 is 0 Å². The first-order chi connectivity index (χ1) is 20.2. The first-order valence-electron chi connectivity index (χ1n) is 14.7. The van der Waals surface area contributed by atoms with E-state index in [0.29, 0.717) is 23.9 Å². The maximum absolute atomic E-state index is 13.4. The molecular formula is C33H38FN3O4S. The van der Waals surface area contributed by atoms with Crippen LogP contribution in [0.25, 0.3) is 11.1 Å². The Balaban J connectivity index is 1.18. The molecular weight excluding hydrogens is 553 g/mol. The van der Waals surface area contributed by atoms with Gasteiger partial charge in [0.1, 0.15) is 11.9 Å². The lowest BCUT2D eigenvalue weighted by Crippen LogP contribution is -2.50. The summed E-state index contributed by atoms with van der Waals surface area (Å²) in [5.41, 5.74) is 3.30. The molecule has 1 heterocycles. The molecule has 7 nitrogen and oxygen atoms in total. The van der Waals surface area contributed by atoms with E-state index < -0.39 is 15.9 Å². The largest absolute Gasteiger partial charge is 0.341 e. The Labute approximate surface area is 247 Å². The molecule has 0 aromatic heterocycles. The van der Waals surface area contributed by atoms with Crippen LogP contribution in [0.4, 0.5) is 4.39 Å². The second-order valence-electron chi connectivity index (χ2n) is 11.4. The van der Waals surface area contributed by atoms with Crippen LogP contribution < -0.4 is 10.6 Å². The van der Waals surface area contributed by atoms with Crippen molar-refractivity contribution in [1.82, 2.24) is 15.5 Å². The van der Waals surface area contributed by atoms with Gasteiger partial charge in [-0.25, -0.2) is 12.8 Å². The molecule has 5 rings (SSSR count). The summed E-state index contributed by atoms with van der Waals surface area (Å²) in [6.45, 7) is 2.17. The maximum atomic E-state index is 13.4. The molecule has 1 saturated carbocycles. The fourth-order valence-corrected chi connectivity index (χ4v) is 6.27. The third kappa shape index (κ3) is 7.63. The van der Waals surface area contributed by atoms with Crippen molar-refractivity contribution in [2.24, 2.45) is 0 Å². The number of hydrogen-bond donors (Lipinski definition) is 2. The highest BCUT2D eigenvalue weighted by Crippen LogP contribution is 2.40. The SMILES string of the molecule is CS(=O)(=O)c1ccc(-c2ccc(C(=O)N[C@@H](CCCN[C@@H]3C[C@H]3c3ccc(F)cc3)C(=O)N3CCCCC3)cc2)cc1. The number of carbonyl (C=O) groups excluding carboxylic acids is 2. The number of sulfone groups is 1. The summed E-state index contributed by atoms with van der Waals surface area (Å²) >= 11 is 0. The summed E-state index contributed by atoms with van der Waals surface area (Å²) in [6.07, 6.45) is 6.53. The normalized spacial score (nSPS) is 19.2. The van der Waals surface area contributed by atoms with Gasteiger partial charge in [-0.1, -0.05) is 36.4 Å². The summed E-state index contributed by atoms with van der Waals surface area (Å²) in [4.78, 5) is 28.8. The predicted molar refractivity (Wildman–Crippen MR) is 161 cm³/mol. The first kappa shape index (κ1) is 29.9. The number of nitrogens with one attached hydrogen (secondary N) is 2. The minimum atomic E-state index is -3.27. The molecule has 1 aliphatic carbocycles. The molecule has 2 aliphatic rings. The molecule has 2 amide bonds. The highest BCUT2D eigenvalue weighted by atomic mass is 32.2. The van der Waals surface area contributed by atoms with Crippen LogP contribution in [0.5, 0.6) is 0 Å². The minimum Gasteiger partial charge on any atom is -0.341 e. The molecule has 3 aromatic carbocycles. The number of likely N-dealkylation sites (tertiary alicyclic amines) is 1. The highest BCUT2D eigenvalue weighted by molar-refractivity contribution is 7.90. The van der Waals surface area contributed by atoms with Crippen molar-refractivity contribution in [2.45, 2.75) is 61.4 Å². The van der Waals surface area contributed by atoms with E-state index in [1.807, 2.05) is 29.2 Å². The Morgan fingerprint density at radius 1 is 0.905 bits per heavy atom. The van der Waals surface area contributed by atoms with Crippen LogP contribution in [0, 0.1) is 5.82 Å². The van der Waals surface area contributed by atoms with E-state index in [1.165, 1.54) is 18.4 Å². The summed E-state index contributed by atoms with van der Waals surface area (Å²) in [6, 6.07) is 20.1. The van der Waals surface area contributed by atoms with Crippen LogP contribution in [0.1, 0.15) is 60.4 Å². The summed E-state index contributed by atoms with van der Waals surface area (Å²) in [5.74, 6) is -0.165. The monoisotopic (exact) mass is 591 g/mol. The van der Waals surface area contributed by atoms with E-state index in [9.17, 15) is 22.4 Å². The van der Waals surface area contributed by atoms with E-state index in [-0.39, 0.29) is 22.5 Å². The van der Waals surface area contributed by atoms with Gasteiger partial charge in [0, 0.05) is 36.9 Å². The molecule has 0 bridgehead atoms. The van der Waals surface area contributed by atoms with Crippen LogP contribution in [0.15, 0.2) is 77.7 Å². The minimum absolute atomic E-state index is 0.0266. The molecule has 1 saturated heterocycles. The van der Waals surface area contributed by atoms with Gasteiger partial charge < -0.3 is 15.5 Å². The third-order valence-corrected chi connectivity index (χ3v) is 9.33. The lowest BCUT2D eigenvalue weighted by Gasteiger charge is -2.31. The van der Waals surface area contributed by atoms with Crippen molar-refractivity contribution in [3.8, 4) is 11.1 Å². The zero-order chi connectivity index (χ0) is 29.7. The Morgan fingerprint density at radius 2 is 1.52 bits per heavy atom. The van der Waals surface area contributed by atoms with Crippen LogP contribution in [-0.2, 0) is 14.6 Å². The number of benzene rings is 3. The molecule has 222 valence electrons. The second-order valence-corrected chi connectivity index (χ2v) is 13.4. The number of hydrogen-bond acceptors (Lipinski definition) is 5. The Morgan fingerprint density at radius 3 is 2.14 bits per heavy atom. The molecule has 0 spiro atoms. The maximum Gasteiger partial charge on any atom is 0.251 e. The predicted octanol–water partition coefficient (Wildman–Crippen LogP) is 4.93. The van der Waals surface area contributed by atoms with Crippen molar-refractivity contribution in [3.05, 3.63) is 89.7 Å². The number of amides is 2. The zero-order valence-electron chi connectivity index (χ0n) is 23.9. The van der Waals surface area contributed by atoms with E-state index in [1.54, 1.807) is 36.4 Å². The summed E-state index contributed by atoms with van der Waals surface area (Å²) < 4.78 is 36.7. The molecule has 3 atom stereocenters. The first-order valence-corrected chi connectivity index (χ1v) is 16.6. The molecule has 9 heteroatoms. The van der Waals surface area contributed by atoms with Gasteiger partial charge in [-0.2, -0.15) is 0 Å². The van der Waals surface area contributed by atoms with Gasteiger partial charge in [0.15, 0.2) is 9.84 Å². The topological polar surface area (TPSA) is 95.6 Å². The Kier molecular flexibility index (Phi) is 9.38. The van der Waals surface area contributed by atoms with Gasteiger partial charge in [0.25, 0.3) is 5.91 Å². The fraction of sp³-hybridized carbons (Fsp3) is 0.394. The van der Waals surface area contributed by atoms with Gasteiger partial charge in [0.2, 0.25) is 5.91 Å². The van der Waals surface area contributed by atoms with Crippen LogP contribution in [-0.4, -0.2) is 63.1 Å². The van der Waals surface area contributed by atoms with Crippen LogP contribution in [0.3, 0.4) is 0 Å². The number of carbonyl (C=O) groups is 2. The lowest BCUT2D eigenvalue weighted by molar-refractivity contribution is -0.134. The standard InChI is InChI=1S/C33H38FN3O4S/c1-42(40,41)28-17-13-24(14-18-28)23-7-9-26(10-8-23)32(38)36-30(33(39)37-20-3-2-4-21-37)6-5-19-35-31-22-29(31)25-11-15-27(34)16-12-25/h7-18,29-31,35H,2-6,19-22H2,1H3,(H,36,38)/t29-,30-,31+/m0/s1. The van der Waals surface area contributed by atoms with E-state index in [4.69, 9.17) is 0 Å². The Hall–Kier alpha value is -3.56. The van der Waals surface area contributed by atoms with Gasteiger partial charge in [-0.3, -0.25) is 9.59 Å². The smallest absolute Gasteiger partial charge is 0.251 e. The van der Waals surface area contributed by atoms with Gasteiger partial charge in [0.05, 0.1) is 4.90 Å². The van der Waals surface area contributed by atoms with Crippen molar-refractivity contribution >= 4 is 21.7 Å². The van der Waals surface area contributed by atoms with E-state index >= 15 is 0 Å². The third-order valence-electron chi connectivity index (χ3n) is 8.20. The average Bonchev–Trinajstić information content (AvgIpc) is 3.78. The van der Waals surface area contributed by atoms with E-state index in [0.717, 1.165) is 68.4 Å². The fourth-order valence-electron chi connectivity index (χ4n) is 5.63. The molecule has 2 N–H and O–H groups in total. The number of halogens is 1. The van der Waals surface area contributed by atoms with Crippen LogP contribution >= 0.6 is 0 Å². The highest BCUT2D eigenvalue weighted by Gasteiger charge is 2.37. The number of piperidine rings is 1. The molecule has 0 unspecified atom stereocenters. The lowest BCUT2D eigenvalue weighted by atomic mass is 10.0. The molecule has 42 heavy (non-hydrogen) atoms. The Bertz CT molecular complexity index is 1490. The second kappa shape index (κ2) is 13.2. The molecule has 2 fully saturated rings. The average molecular weight is 592 g/mol. The summed E-state index contributed by atoms with van der Waals surface area (Å²) in [7, 11) is -3.27. The van der Waals surface area contributed by atoms with Crippen molar-refractivity contribution in [2.75, 3.05) is 25.9 Å².